The summed E-state index contributed by atoms with van der Waals surface area (Å²) in [6.07, 6.45) is 3.75. The molecule has 0 aliphatic carbocycles. The number of hydrogen-bond acceptors (Lipinski definition) is 3. The molecule has 1 aromatic carbocycles. The number of aromatic nitrogens is 1. The Kier molecular flexibility index (Phi) is 5.94. The van der Waals surface area contributed by atoms with Crippen LogP contribution in [0.1, 0.15) is 28.9 Å². The number of carbonyl (C=O) groups is 2. The Bertz CT molecular complexity index is 725. The molecule has 2 heterocycles. The normalized spacial score (nSPS) is 14.8. The standard InChI is InChI=1S/C20H25N3O3/c1-26-17-8-5-16(6-9-17)7-10-19(24)22-12-3-13-23(15-14-22)20(25)18-4-2-11-21-18/h2,4-6,8-9,11,21H,3,7,10,12-15H2,1H3. The zero-order valence-corrected chi connectivity index (χ0v) is 15.1. The van der Waals surface area contributed by atoms with Crippen LogP contribution in [0.4, 0.5) is 0 Å². The Morgan fingerprint density at radius 1 is 1.04 bits per heavy atom. The van der Waals surface area contributed by atoms with E-state index in [9.17, 15) is 9.59 Å². The number of hydrogen-bond donors (Lipinski definition) is 1. The number of ether oxygens (including phenoxy) is 1. The zero-order valence-electron chi connectivity index (χ0n) is 15.1. The Hall–Kier alpha value is -2.76. The van der Waals surface area contributed by atoms with E-state index in [4.69, 9.17) is 4.74 Å². The molecule has 1 aromatic heterocycles. The van der Waals surface area contributed by atoms with Gasteiger partial charge < -0.3 is 19.5 Å². The predicted octanol–water partition coefficient (Wildman–Crippen LogP) is 2.33. The van der Waals surface area contributed by atoms with Crippen LogP contribution < -0.4 is 4.74 Å². The van der Waals surface area contributed by atoms with Gasteiger partial charge in [-0.25, -0.2) is 0 Å². The summed E-state index contributed by atoms with van der Waals surface area (Å²) in [6.45, 7) is 2.55. The number of aryl methyl sites for hydroxylation is 1. The maximum absolute atomic E-state index is 12.5. The van der Waals surface area contributed by atoms with E-state index in [0.29, 0.717) is 44.7 Å². The van der Waals surface area contributed by atoms with Crippen LogP contribution in [-0.2, 0) is 11.2 Å². The molecule has 0 bridgehead atoms. The number of nitrogens with zero attached hydrogens (tertiary/aromatic N) is 2. The molecule has 1 fully saturated rings. The molecule has 0 saturated carbocycles. The van der Waals surface area contributed by atoms with Crippen LogP contribution in [0, 0.1) is 0 Å². The first-order valence-corrected chi connectivity index (χ1v) is 9.01. The van der Waals surface area contributed by atoms with Crippen molar-refractivity contribution in [3.05, 3.63) is 53.9 Å². The van der Waals surface area contributed by atoms with Crippen molar-refractivity contribution in [3.8, 4) is 5.75 Å². The lowest BCUT2D eigenvalue weighted by molar-refractivity contribution is -0.131. The second kappa shape index (κ2) is 8.56. The minimum Gasteiger partial charge on any atom is -0.497 e. The van der Waals surface area contributed by atoms with Gasteiger partial charge in [-0.1, -0.05) is 12.1 Å². The van der Waals surface area contributed by atoms with E-state index in [0.717, 1.165) is 17.7 Å². The van der Waals surface area contributed by atoms with Crippen molar-refractivity contribution in [3.63, 3.8) is 0 Å². The number of benzene rings is 1. The monoisotopic (exact) mass is 355 g/mol. The van der Waals surface area contributed by atoms with E-state index in [-0.39, 0.29) is 11.8 Å². The molecule has 0 spiro atoms. The maximum Gasteiger partial charge on any atom is 0.270 e. The minimum absolute atomic E-state index is 0.00234. The molecule has 26 heavy (non-hydrogen) atoms. The van der Waals surface area contributed by atoms with E-state index < -0.39 is 0 Å². The molecular formula is C20H25N3O3. The molecule has 6 heteroatoms. The number of carbonyl (C=O) groups excluding carboxylic acids is 2. The number of methoxy groups -OCH3 is 1. The van der Waals surface area contributed by atoms with Gasteiger partial charge in [-0.15, -0.1) is 0 Å². The highest BCUT2D eigenvalue weighted by molar-refractivity contribution is 5.92. The van der Waals surface area contributed by atoms with Gasteiger partial charge in [0.05, 0.1) is 7.11 Å². The highest BCUT2D eigenvalue weighted by Crippen LogP contribution is 2.14. The van der Waals surface area contributed by atoms with Crippen LogP contribution in [-0.4, -0.2) is 59.9 Å². The van der Waals surface area contributed by atoms with Crippen LogP contribution in [0.25, 0.3) is 0 Å². The topological polar surface area (TPSA) is 65.6 Å². The fourth-order valence-electron chi connectivity index (χ4n) is 3.21. The lowest BCUT2D eigenvalue weighted by atomic mass is 10.1. The van der Waals surface area contributed by atoms with Crippen LogP contribution in [0.3, 0.4) is 0 Å². The summed E-state index contributed by atoms with van der Waals surface area (Å²) in [4.78, 5) is 31.6. The number of amides is 2. The van der Waals surface area contributed by atoms with Crippen molar-refractivity contribution in [2.75, 3.05) is 33.3 Å². The highest BCUT2D eigenvalue weighted by Gasteiger charge is 2.23. The molecule has 1 saturated heterocycles. The van der Waals surface area contributed by atoms with Crippen LogP contribution >= 0.6 is 0 Å². The Morgan fingerprint density at radius 2 is 1.77 bits per heavy atom. The molecule has 2 amide bonds. The Balaban J connectivity index is 1.50. The molecule has 138 valence electrons. The molecule has 3 rings (SSSR count). The van der Waals surface area contributed by atoms with Crippen LogP contribution in [0.2, 0.25) is 0 Å². The summed E-state index contributed by atoms with van der Waals surface area (Å²) in [5.74, 6) is 0.969. The number of rotatable bonds is 5. The quantitative estimate of drug-likeness (QED) is 0.895. The molecule has 6 nitrogen and oxygen atoms in total. The van der Waals surface area contributed by atoms with Gasteiger partial charge in [0, 0.05) is 38.8 Å². The van der Waals surface area contributed by atoms with Gasteiger partial charge >= 0.3 is 0 Å². The maximum atomic E-state index is 12.5. The average Bonchev–Trinajstić information content (AvgIpc) is 3.10. The van der Waals surface area contributed by atoms with Crippen molar-refractivity contribution < 1.29 is 14.3 Å². The first-order valence-electron chi connectivity index (χ1n) is 9.01. The summed E-state index contributed by atoms with van der Waals surface area (Å²) >= 11 is 0. The SMILES string of the molecule is COc1ccc(CCC(=O)N2CCCN(C(=O)c3ccc[nH]3)CC2)cc1. The molecule has 1 N–H and O–H groups in total. The van der Waals surface area contributed by atoms with Crippen LogP contribution in [0.5, 0.6) is 5.75 Å². The van der Waals surface area contributed by atoms with Crippen molar-refractivity contribution in [1.82, 2.24) is 14.8 Å². The third-order valence-corrected chi connectivity index (χ3v) is 4.75. The Labute approximate surface area is 153 Å². The first-order chi connectivity index (χ1) is 12.7. The fraction of sp³-hybridized carbons (Fsp3) is 0.400. The van der Waals surface area contributed by atoms with E-state index in [1.54, 1.807) is 19.4 Å². The first kappa shape index (κ1) is 18.0. The third kappa shape index (κ3) is 4.45. The number of H-pyrrole nitrogens is 1. The third-order valence-electron chi connectivity index (χ3n) is 4.75. The second-order valence-corrected chi connectivity index (χ2v) is 6.46. The second-order valence-electron chi connectivity index (χ2n) is 6.46. The minimum atomic E-state index is 0.00234. The summed E-state index contributed by atoms with van der Waals surface area (Å²) in [5.41, 5.74) is 1.72. The largest absolute Gasteiger partial charge is 0.497 e. The summed E-state index contributed by atoms with van der Waals surface area (Å²) in [7, 11) is 1.64. The smallest absolute Gasteiger partial charge is 0.270 e. The van der Waals surface area contributed by atoms with Gasteiger partial charge in [-0.2, -0.15) is 0 Å². The zero-order chi connectivity index (χ0) is 18.4. The summed E-state index contributed by atoms with van der Waals surface area (Å²) in [5, 5.41) is 0. The molecule has 1 aliphatic heterocycles. The van der Waals surface area contributed by atoms with Gasteiger partial charge in [-0.3, -0.25) is 9.59 Å². The van der Waals surface area contributed by atoms with Gasteiger partial charge in [0.25, 0.3) is 5.91 Å². The van der Waals surface area contributed by atoms with Crippen molar-refractivity contribution in [2.45, 2.75) is 19.3 Å². The summed E-state index contributed by atoms with van der Waals surface area (Å²) < 4.78 is 5.15. The van der Waals surface area contributed by atoms with E-state index in [1.807, 2.05) is 40.1 Å². The molecular weight excluding hydrogens is 330 g/mol. The lowest BCUT2D eigenvalue weighted by Gasteiger charge is -2.22. The fourth-order valence-corrected chi connectivity index (χ4v) is 3.21. The van der Waals surface area contributed by atoms with E-state index >= 15 is 0 Å². The van der Waals surface area contributed by atoms with Gasteiger partial charge in [0.1, 0.15) is 11.4 Å². The average molecular weight is 355 g/mol. The van der Waals surface area contributed by atoms with Gasteiger partial charge in [-0.05, 0) is 42.7 Å². The predicted molar refractivity (Wildman–Crippen MR) is 99.2 cm³/mol. The van der Waals surface area contributed by atoms with Gasteiger partial charge in [0.15, 0.2) is 0 Å². The number of nitrogens with one attached hydrogen (secondary N) is 1. The van der Waals surface area contributed by atoms with Crippen LogP contribution in [0.15, 0.2) is 42.6 Å². The van der Waals surface area contributed by atoms with Crippen molar-refractivity contribution >= 4 is 11.8 Å². The molecule has 0 unspecified atom stereocenters. The molecule has 1 aliphatic rings. The van der Waals surface area contributed by atoms with E-state index in [2.05, 4.69) is 4.98 Å². The van der Waals surface area contributed by atoms with Crippen molar-refractivity contribution in [2.24, 2.45) is 0 Å². The van der Waals surface area contributed by atoms with Gasteiger partial charge in [0.2, 0.25) is 5.91 Å². The molecule has 0 radical (unpaired) electrons. The highest BCUT2D eigenvalue weighted by atomic mass is 16.5. The number of aromatic amines is 1. The Morgan fingerprint density at radius 3 is 2.46 bits per heavy atom. The lowest BCUT2D eigenvalue weighted by Crippen LogP contribution is -2.37. The summed E-state index contributed by atoms with van der Waals surface area (Å²) in [6, 6.07) is 11.4. The molecule has 2 aromatic rings. The molecule has 0 atom stereocenters. The van der Waals surface area contributed by atoms with E-state index in [1.165, 1.54) is 0 Å². The van der Waals surface area contributed by atoms with Crippen molar-refractivity contribution in [1.29, 1.82) is 0 Å².